The molecule has 3 heteroatoms. The molecule has 1 aromatic rings. The number of hydrogen-bond acceptors (Lipinski definition) is 2. The minimum atomic E-state index is -0.766. The Balaban J connectivity index is 2.28. The smallest absolute Gasteiger partial charge is 0.303 e. The summed E-state index contributed by atoms with van der Waals surface area (Å²) in [7, 11) is 0. The summed E-state index contributed by atoms with van der Waals surface area (Å²) in [5.41, 5.74) is 3.32. The molecule has 0 amide bonds. The summed E-state index contributed by atoms with van der Waals surface area (Å²) in [5.74, 6) is -0.397. The third-order valence-corrected chi connectivity index (χ3v) is 3.22. The maximum Gasteiger partial charge on any atom is 0.303 e. The van der Waals surface area contributed by atoms with Gasteiger partial charge in [0.15, 0.2) is 0 Å². The molecular weight excluding hydrogens is 204 g/mol. The highest BCUT2D eigenvalue weighted by atomic mass is 16.4. The lowest BCUT2D eigenvalue weighted by molar-refractivity contribution is -0.136. The molecule has 1 aliphatic carbocycles. The van der Waals surface area contributed by atoms with Gasteiger partial charge in [-0.2, -0.15) is 0 Å². The van der Waals surface area contributed by atoms with Gasteiger partial charge in [0, 0.05) is 6.42 Å². The van der Waals surface area contributed by atoms with Gasteiger partial charge in [-0.1, -0.05) is 6.07 Å². The van der Waals surface area contributed by atoms with Gasteiger partial charge < -0.3 is 10.2 Å². The Bertz CT molecular complexity index is 410. The van der Waals surface area contributed by atoms with Crippen LogP contribution in [0.15, 0.2) is 12.1 Å². The maximum absolute atomic E-state index is 10.6. The molecule has 0 radical (unpaired) electrons. The highest BCUT2D eigenvalue weighted by molar-refractivity contribution is 5.67. The average molecular weight is 220 g/mol. The zero-order chi connectivity index (χ0) is 11.5. The molecule has 0 heterocycles. The van der Waals surface area contributed by atoms with Gasteiger partial charge in [0.05, 0.1) is 0 Å². The van der Waals surface area contributed by atoms with Crippen molar-refractivity contribution in [3.63, 3.8) is 0 Å². The summed E-state index contributed by atoms with van der Waals surface area (Å²) in [5, 5.41) is 18.4. The first-order valence-electron chi connectivity index (χ1n) is 5.73. The van der Waals surface area contributed by atoms with Gasteiger partial charge in [0.1, 0.15) is 5.75 Å². The van der Waals surface area contributed by atoms with Crippen LogP contribution in [0.4, 0.5) is 0 Å². The van der Waals surface area contributed by atoms with Crippen LogP contribution in [-0.4, -0.2) is 16.2 Å². The number of carboxylic acids is 1. The van der Waals surface area contributed by atoms with Crippen molar-refractivity contribution in [2.24, 2.45) is 0 Å². The molecule has 0 atom stereocenters. The van der Waals surface area contributed by atoms with Crippen molar-refractivity contribution in [1.29, 1.82) is 0 Å². The summed E-state index contributed by atoms with van der Waals surface area (Å²) < 4.78 is 0. The molecule has 0 saturated heterocycles. The van der Waals surface area contributed by atoms with E-state index in [4.69, 9.17) is 5.11 Å². The molecule has 2 rings (SSSR count). The van der Waals surface area contributed by atoms with Crippen LogP contribution < -0.4 is 0 Å². The molecule has 0 saturated carbocycles. The van der Waals surface area contributed by atoms with Crippen LogP contribution in [0.25, 0.3) is 0 Å². The first kappa shape index (κ1) is 11.0. The quantitative estimate of drug-likeness (QED) is 0.821. The van der Waals surface area contributed by atoms with Crippen LogP contribution in [0, 0.1) is 0 Å². The second-order valence-electron chi connectivity index (χ2n) is 4.30. The minimum Gasteiger partial charge on any atom is -0.508 e. The number of benzene rings is 1. The lowest BCUT2D eigenvalue weighted by Gasteiger charge is -2.20. The number of phenols is 1. The topological polar surface area (TPSA) is 57.5 Å². The molecule has 0 fully saturated rings. The van der Waals surface area contributed by atoms with E-state index >= 15 is 0 Å². The fraction of sp³-hybridized carbons (Fsp3) is 0.462. The van der Waals surface area contributed by atoms with E-state index in [1.165, 1.54) is 5.56 Å². The average Bonchev–Trinajstić information content (AvgIpc) is 2.28. The van der Waals surface area contributed by atoms with E-state index in [-0.39, 0.29) is 6.42 Å². The normalized spacial score (nSPS) is 14.5. The summed E-state index contributed by atoms with van der Waals surface area (Å²) in [6, 6.07) is 3.56. The molecular formula is C13H16O3. The molecule has 0 bridgehead atoms. The Morgan fingerprint density at radius 3 is 2.56 bits per heavy atom. The highest BCUT2D eigenvalue weighted by Crippen LogP contribution is 2.31. The predicted molar refractivity (Wildman–Crippen MR) is 60.7 cm³/mol. The van der Waals surface area contributed by atoms with Crippen molar-refractivity contribution in [2.45, 2.75) is 38.5 Å². The van der Waals surface area contributed by atoms with Crippen molar-refractivity contribution >= 4 is 5.97 Å². The second-order valence-corrected chi connectivity index (χ2v) is 4.30. The van der Waals surface area contributed by atoms with Crippen LogP contribution in [0.2, 0.25) is 0 Å². The number of fused-ring (bicyclic) bond motifs is 1. The second kappa shape index (κ2) is 4.56. The summed E-state index contributed by atoms with van der Waals surface area (Å²) in [6.45, 7) is 0. The molecule has 0 aliphatic heterocycles. The number of carbonyl (C=O) groups is 1. The molecule has 1 aromatic carbocycles. The van der Waals surface area contributed by atoms with Gasteiger partial charge in [-0.25, -0.2) is 0 Å². The van der Waals surface area contributed by atoms with Crippen molar-refractivity contribution < 1.29 is 15.0 Å². The molecule has 0 aromatic heterocycles. The van der Waals surface area contributed by atoms with Gasteiger partial charge in [0.25, 0.3) is 0 Å². The van der Waals surface area contributed by atoms with Crippen molar-refractivity contribution in [3.8, 4) is 5.75 Å². The van der Waals surface area contributed by atoms with Crippen LogP contribution in [0.1, 0.15) is 36.0 Å². The van der Waals surface area contributed by atoms with Crippen LogP contribution in [0.3, 0.4) is 0 Å². The van der Waals surface area contributed by atoms with E-state index in [0.717, 1.165) is 36.8 Å². The molecule has 1 aliphatic rings. The van der Waals surface area contributed by atoms with Crippen molar-refractivity contribution in [1.82, 2.24) is 0 Å². The molecule has 3 nitrogen and oxygen atoms in total. The van der Waals surface area contributed by atoms with E-state index in [1.807, 2.05) is 6.07 Å². The Morgan fingerprint density at radius 1 is 1.19 bits per heavy atom. The van der Waals surface area contributed by atoms with Crippen molar-refractivity contribution in [2.75, 3.05) is 0 Å². The van der Waals surface area contributed by atoms with E-state index < -0.39 is 5.97 Å². The Kier molecular flexibility index (Phi) is 3.13. The SMILES string of the molecule is O=C(O)CCc1ccc(O)c2c1CCCC2. The predicted octanol–water partition coefficient (Wildman–Crippen LogP) is 2.29. The zero-order valence-corrected chi connectivity index (χ0v) is 9.20. The number of aryl methyl sites for hydroxylation is 1. The highest BCUT2D eigenvalue weighted by Gasteiger charge is 2.16. The Hall–Kier alpha value is -1.51. The minimum absolute atomic E-state index is 0.164. The summed E-state index contributed by atoms with van der Waals surface area (Å²) in [4.78, 5) is 10.6. The molecule has 0 spiro atoms. The lowest BCUT2D eigenvalue weighted by atomic mass is 9.86. The number of aromatic hydroxyl groups is 1. The number of carboxylic acid groups (broad SMARTS) is 1. The monoisotopic (exact) mass is 220 g/mol. The van der Waals surface area contributed by atoms with Crippen molar-refractivity contribution in [3.05, 3.63) is 28.8 Å². The molecule has 2 N–H and O–H groups in total. The van der Waals surface area contributed by atoms with Gasteiger partial charge in [0.2, 0.25) is 0 Å². The molecule has 16 heavy (non-hydrogen) atoms. The number of hydrogen-bond donors (Lipinski definition) is 2. The summed E-state index contributed by atoms with van der Waals surface area (Å²) >= 11 is 0. The zero-order valence-electron chi connectivity index (χ0n) is 9.20. The Morgan fingerprint density at radius 2 is 1.88 bits per heavy atom. The molecule has 86 valence electrons. The van der Waals surface area contributed by atoms with Gasteiger partial charge in [-0.3, -0.25) is 4.79 Å². The van der Waals surface area contributed by atoms with Gasteiger partial charge in [-0.05, 0) is 54.9 Å². The Labute approximate surface area is 94.7 Å². The van der Waals surface area contributed by atoms with E-state index in [0.29, 0.717) is 12.2 Å². The number of phenolic OH excluding ortho intramolecular Hbond substituents is 1. The number of rotatable bonds is 3. The third kappa shape index (κ3) is 2.18. The maximum atomic E-state index is 10.6. The first-order valence-corrected chi connectivity index (χ1v) is 5.73. The largest absolute Gasteiger partial charge is 0.508 e. The van der Waals surface area contributed by atoms with Crippen LogP contribution in [-0.2, 0) is 24.1 Å². The van der Waals surface area contributed by atoms with Crippen LogP contribution >= 0.6 is 0 Å². The van der Waals surface area contributed by atoms with E-state index in [9.17, 15) is 9.90 Å². The van der Waals surface area contributed by atoms with Crippen LogP contribution in [0.5, 0.6) is 5.75 Å². The van der Waals surface area contributed by atoms with Gasteiger partial charge in [-0.15, -0.1) is 0 Å². The van der Waals surface area contributed by atoms with E-state index in [2.05, 4.69) is 0 Å². The lowest BCUT2D eigenvalue weighted by Crippen LogP contribution is -2.08. The van der Waals surface area contributed by atoms with Gasteiger partial charge >= 0.3 is 5.97 Å². The molecule has 0 unspecified atom stereocenters. The summed E-state index contributed by atoms with van der Waals surface area (Å²) in [6.07, 6.45) is 4.87. The standard InChI is InChI=1S/C13H16O3/c14-12-7-5-9(6-8-13(15)16)10-3-1-2-4-11(10)12/h5,7,14H,1-4,6,8H2,(H,15,16). The first-order chi connectivity index (χ1) is 7.68. The fourth-order valence-corrected chi connectivity index (χ4v) is 2.40. The number of aliphatic carboxylic acids is 1. The van der Waals surface area contributed by atoms with E-state index in [1.54, 1.807) is 6.07 Å². The fourth-order valence-electron chi connectivity index (χ4n) is 2.40. The third-order valence-electron chi connectivity index (χ3n) is 3.22.